The van der Waals surface area contributed by atoms with Crippen molar-refractivity contribution in [3.63, 3.8) is 0 Å². The van der Waals surface area contributed by atoms with Crippen LogP contribution in [0, 0.1) is 6.92 Å². The van der Waals surface area contributed by atoms with Crippen LogP contribution in [0.2, 0.25) is 5.02 Å². The Kier molecular flexibility index (Phi) is 4.48. The number of phenolic OH excluding ortho intramolecular Hbond substituents is 1. The molecule has 0 heterocycles. The topological polar surface area (TPSA) is 58.6 Å². The van der Waals surface area contributed by atoms with Crippen LogP contribution in [0.15, 0.2) is 42.5 Å². The zero-order valence-electron chi connectivity index (χ0n) is 10.9. The third-order valence-electron chi connectivity index (χ3n) is 2.68. The number of carbonyl (C=O) groups excluding carboxylic acids is 1. The van der Waals surface area contributed by atoms with Crippen molar-refractivity contribution in [1.29, 1.82) is 0 Å². The Morgan fingerprint density at radius 1 is 1.30 bits per heavy atom. The third-order valence-corrected chi connectivity index (χ3v) is 3.09. The summed E-state index contributed by atoms with van der Waals surface area (Å²) in [6.07, 6.45) is 0. The maximum atomic E-state index is 11.7. The minimum absolute atomic E-state index is 0.00122. The van der Waals surface area contributed by atoms with E-state index in [1.54, 1.807) is 30.3 Å². The van der Waals surface area contributed by atoms with E-state index in [1.165, 1.54) is 6.07 Å². The molecule has 0 aliphatic carbocycles. The first-order valence-corrected chi connectivity index (χ1v) is 6.41. The first kappa shape index (κ1) is 14.2. The minimum atomic E-state index is -0.326. The monoisotopic (exact) mass is 291 g/mol. The van der Waals surface area contributed by atoms with Gasteiger partial charge < -0.3 is 15.2 Å². The number of rotatable bonds is 4. The molecule has 0 saturated carbocycles. The van der Waals surface area contributed by atoms with Crippen LogP contribution in [0.5, 0.6) is 11.5 Å². The lowest BCUT2D eigenvalue weighted by Gasteiger charge is -2.09. The summed E-state index contributed by atoms with van der Waals surface area (Å²) in [4.78, 5) is 11.7. The smallest absolute Gasteiger partial charge is 0.262 e. The van der Waals surface area contributed by atoms with Crippen molar-refractivity contribution in [2.45, 2.75) is 6.92 Å². The quantitative estimate of drug-likeness (QED) is 0.908. The van der Waals surface area contributed by atoms with Gasteiger partial charge in [0.15, 0.2) is 18.1 Å². The average Bonchev–Trinajstić information content (AvgIpc) is 2.42. The van der Waals surface area contributed by atoms with Crippen molar-refractivity contribution in [3.8, 4) is 11.5 Å². The highest BCUT2D eigenvalue weighted by atomic mass is 35.5. The van der Waals surface area contributed by atoms with Gasteiger partial charge in [0.05, 0.1) is 0 Å². The molecule has 2 N–H and O–H groups in total. The molecule has 0 bridgehead atoms. The number of benzene rings is 2. The Hall–Kier alpha value is -2.20. The van der Waals surface area contributed by atoms with Gasteiger partial charge in [0.25, 0.3) is 5.91 Å². The fourth-order valence-corrected chi connectivity index (χ4v) is 1.77. The molecular weight excluding hydrogens is 278 g/mol. The van der Waals surface area contributed by atoms with Gasteiger partial charge in [-0.3, -0.25) is 4.79 Å². The second-order valence-electron chi connectivity index (χ2n) is 4.27. The van der Waals surface area contributed by atoms with Crippen LogP contribution in [0.3, 0.4) is 0 Å². The Bertz CT molecular complexity index is 628. The highest BCUT2D eigenvalue weighted by Gasteiger charge is 2.07. The Morgan fingerprint density at radius 2 is 2.05 bits per heavy atom. The number of amides is 1. The number of halogens is 1. The molecule has 0 atom stereocenters. The zero-order chi connectivity index (χ0) is 14.5. The summed E-state index contributed by atoms with van der Waals surface area (Å²) in [6.45, 7) is 1.69. The van der Waals surface area contributed by atoms with E-state index in [4.69, 9.17) is 16.3 Å². The number of aromatic hydroxyl groups is 1. The second-order valence-corrected chi connectivity index (χ2v) is 4.68. The lowest BCUT2D eigenvalue weighted by atomic mass is 10.2. The standard InChI is InChI=1S/C15H14ClNO3/c1-10-6-7-11(8-12(10)16)17-15(19)9-20-14-5-3-2-4-13(14)18/h2-8,18H,9H2,1H3,(H,17,19). The predicted octanol–water partition coefficient (Wildman–Crippen LogP) is 3.37. The Balaban J connectivity index is 1.93. The van der Waals surface area contributed by atoms with Crippen molar-refractivity contribution in [2.75, 3.05) is 11.9 Å². The van der Waals surface area contributed by atoms with Crippen LogP contribution in [0.4, 0.5) is 5.69 Å². The molecule has 0 aliphatic rings. The molecule has 104 valence electrons. The number of aryl methyl sites for hydroxylation is 1. The molecule has 0 unspecified atom stereocenters. The maximum Gasteiger partial charge on any atom is 0.262 e. The summed E-state index contributed by atoms with van der Waals surface area (Å²) in [5.74, 6) is -0.0589. The number of phenols is 1. The zero-order valence-corrected chi connectivity index (χ0v) is 11.6. The normalized spacial score (nSPS) is 10.1. The number of carbonyl (C=O) groups is 1. The number of hydrogen-bond donors (Lipinski definition) is 2. The van der Waals surface area contributed by atoms with Crippen molar-refractivity contribution >= 4 is 23.2 Å². The molecule has 0 fully saturated rings. The molecule has 2 rings (SSSR count). The lowest BCUT2D eigenvalue weighted by molar-refractivity contribution is -0.118. The van der Waals surface area contributed by atoms with Gasteiger partial charge in [-0.15, -0.1) is 0 Å². The molecule has 20 heavy (non-hydrogen) atoms. The van der Waals surface area contributed by atoms with E-state index < -0.39 is 0 Å². The van der Waals surface area contributed by atoms with E-state index >= 15 is 0 Å². The van der Waals surface area contributed by atoms with E-state index in [9.17, 15) is 9.90 Å². The van der Waals surface area contributed by atoms with Crippen LogP contribution in [0.1, 0.15) is 5.56 Å². The Labute approximate surface area is 122 Å². The van der Waals surface area contributed by atoms with E-state index in [0.717, 1.165) is 5.56 Å². The third kappa shape index (κ3) is 3.65. The lowest BCUT2D eigenvalue weighted by Crippen LogP contribution is -2.20. The molecule has 2 aromatic rings. The number of anilines is 1. The van der Waals surface area contributed by atoms with Gasteiger partial charge in [-0.1, -0.05) is 29.8 Å². The summed E-state index contributed by atoms with van der Waals surface area (Å²) < 4.78 is 5.23. The summed E-state index contributed by atoms with van der Waals surface area (Å²) in [6, 6.07) is 11.7. The SMILES string of the molecule is Cc1ccc(NC(=O)COc2ccccc2O)cc1Cl. The molecule has 2 aromatic carbocycles. The molecule has 0 aliphatic heterocycles. The van der Waals surface area contributed by atoms with Gasteiger partial charge in [-0.25, -0.2) is 0 Å². The summed E-state index contributed by atoms with van der Waals surface area (Å²) >= 11 is 5.98. The van der Waals surface area contributed by atoms with Gasteiger partial charge >= 0.3 is 0 Å². The van der Waals surface area contributed by atoms with E-state index in [1.807, 2.05) is 13.0 Å². The van der Waals surface area contributed by atoms with Crippen molar-refractivity contribution in [1.82, 2.24) is 0 Å². The molecule has 0 radical (unpaired) electrons. The van der Waals surface area contributed by atoms with Crippen LogP contribution in [0.25, 0.3) is 0 Å². The van der Waals surface area contributed by atoms with E-state index in [-0.39, 0.29) is 24.0 Å². The molecule has 0 saturated heterocycles. The van der Waals surface area contributed by atoms with Crippen LogP contribution < -0.4 is 10.1 Å². The number of para-hydroxylation sites is 2. The number of hydrogen-bond acceptors (Lipinski definition) is 3. The first-order valence-electron chi connectivity index (χ1n) is 6.03. The fraction of sp³-hybridized carbons (Fsp3) is 0.133. The highest BCUT2D eigenvalue weighted by Crippen LogP contribution is 2.24. The van der Waals surface area contributed by atoms with Gasteiger partial charge in [-0.05, 0) is 36.8 Å². The van der Waals surface area contributed by atoms with Crippen LogP contribution in [-0.4, -0.2) is 17.6 Å². The summed E-state index contributed by atoms with van der Waals surface area (Å²) in [5, 5.41) is 12.8. The molecule has 0 spiro atoms. The first-order chi connectivity index (χ1) is 9.56. The van der Waals surface area contributed by atoms with Gasteiger partial charge in [0, 0.05) is 10.7 Å². The summed E-state index contributed by atoms with van der Waals surface area (Å²) in [5.41, 5.74) is 1.54. The molecule has 0 aromatic heterocycles. The van der Waals surface area contributed by atoms with Crippen molar-refractivity contribution in [3.05, 3.63) is 53.1 Å². The molecule has 4 nitrogen and oxygen atoms in total. The van der Waals surface area contributed by atoms with Crippen molar-refractivity contribution in [2.24, 2.45) is 0 Å². The van der Waals surface area contributed by atoms with E-state index in [0.29, 0.717) is 10.7 Å². The second kappa shape index (κ2) is 6.30. The molecule has 5 heteroatoms. The fourth-order valence-electron chi connectivity index (χ4n) is 1.59. The van der Waals surface area contributed by atoms with Crippen molar-refractivity contribution < 1.29 is 14.6 Å². The summed E-state index contributed by atoms with van der Waals surface area (Å²) in [7, 11) is 0. The predicted molar refractivity (Wildman–Crippen MR) is 78.4 cm³/mol. The van der Waals surface area contributed by atoms with Gasteiger partial charge in [0.2, 0.25) is 0 Å². The minimum Gasteiger partial charge on any atom is -0.504 e. The number of nitrogens with one attached hydrogen (secondary N) is 1. The average molecular weight is 292 g/mol. The molecular formula is C15H14ClNO3. The molecule has 1 amide bonds. The van der Waals surface area contributed by atoms with Crippen LogP contribution in [-0.2, 0) is 4.79 Å². The highest BCUT2D eigenvalue weighted by molar-refractivity contribution is 6.31. The maximum absolute atomic E-state index is 11.7. The van der Waals surface area contributed by atoms with E-state index in [2.05, 4.69) is 5.32 Å². The van der Waals surface area contributed by atoms with Gasteiger partial charge in [0.1, 0.15) is 0 Å². The Morgan fingerprint density at radius 3 is 2.75 bits per heavy atom. The van der Waals surface area contributed by atoms with Crippen LogP contribution >= 0.6 is 11.6 Å². The van der Waals surface area contributed by atoms with Gasteiger partial charge in [-0.2, -0.15) is 0 Å². The number of ether oxygens (including phenoxy) is 1. The largest absolute Gasteiger partial charge is 0.504 e.